The molecule has 0 aromatic carbocycles. The lowest BCUT2D eigenvalue weighted by molar-refractivity contribution is 0.0473. The summed E-state index contributed by atoms with van der Waals surface area (Å²) in [7, 11) is 0. The maximum absolute atomic E-state index is 11.8. The maximum Gasteiger partial charge on any atom is 0.284 e. The number of likely N-dealkylation sites (tertiary alicyclic amines) is 1. The van der Waals surface area contributed by atoms with Crippen molar-refractivity contribution in [3.63, 3.8) is 0 Å². The standard InChI is InChI=1S/C8H10ClN3O2S/c9-8-11-10-6(15-8)7(14)12-3-1-2-5(13)4-12/h5,13H,1-4H2. The molecule has 1 unspecified atom stereocenters. The number of rotatable bonds is 1. The van der Waals surface area contributed by atoms with Crippen LogP contribution in [-0.2, 0) is 0 Å². The largest absolute Gasteiger partial charge is 0.391 e. The molecule has 0 bridgehead atoms. The molecule has 0 radical (unpaired) electrons. The van der Waals surface area contributed by atoms with Crippen LogP contribution >= 0.6 is 22.9 Å². The first-order valence-corrected chi connectivity index (χ1v) is 5.82. The Kier molecular flexibility index (Phi) is 3.18. The highest BCUT2D eigenvalue weighted by atomic mass is 35.5. The third-order valence-electron chi connectivity index (χ3n) is 2.27. The van der Waals surface area contributed by atoms with Crippen LogP contribution in [0.25, 0.3) is 0 Å². The van der Waals surface area contributed by atoms with E-state index < -0.39 is 6.10 Å². The second kappa shape index (κ2) is 4.42. The van der Waals surface area contributed by atoms with Gasteiger partial charge in [-0.15, -0.1) is 10.2 Å². The van der Waals surface area contributed by atoms with Crippen molar-refractivity contribution in [3.05, 3.63) is 9.47 Å². The number of amides is 1. The Morgan fingerprint density at radius 1 is 1.60 bits per heavy atom. The Hall–Kier alpha value is -0.720. The third-order valence-corrected chi connectivity index (χ3v) is 3.27. The summed E-state index contributed by atoms with van der Waals surface area (Å²) in [5.41, 5.74) is 0. The average molecular weight is 248 g/mol. The molecule has 5 nitrogen and oxygen atoms in total. The fraction of sp³-hybridized carbons (Fsp3) is 0.625. The molecular weight excluding hydrogens is 238 g/mol. The molecule has 2 heterocycles. The number of piperidine rings is 1. The molecule has 1 aromatic rings. The fourth-order valence-corrected chi connectivity index (χ4v) is 2.36. The lowest BCUT2D eigenvalue weighted by atomic mass is 10.1. The summed E-state index contributed by atoms with van der Waals surface area (Å²) in [6.45, 7) is 1.03. The van der Waals surface area contributed by atoms with E-state index in [1.165, 1.54) is 0 Å². The Bertz CT molecular complexity index is 371. The second-order valence-electron chi connectivity index (χ2n) is 3.41. The van der Waals surface area contributed by atoms with Crippen LogP contribution in [0.1, 0.15) is 22.6 Å². The van der Waals surface area contributed by atoms with Gasteiger partial charge in [0.05, 0.1) is 6.10 Å². The summed E-state index contributed by atoms with van der Waals surface area (Å²) in [6, 6.07) is 0. The van der Waals surface area contributed by atoms with Crippen LogP contribution < -0.4 is 0 Å². The maximum atomic E-state index is 11.8. The molecule has 1 amide bonds. The highest BCUT2D eigenvalue weighted by molar-refractivity contribution is 7.17. The van der Waals surface area contributed by atoms with Gasteiger partial charge in [0, 0.05) is 13.1 Å². The highest BCUT2D eigenvalue weighted by Crippen LogP contribution is 2.19. The molecule has 0 saturated carbocycles. The number of aromatic nitrogens is 2. The van der Waals surface area contributed by atoms with E-state index in [4.69, 9.17) is 11.6 Å². The number of aliphatic hydroxyl groups is 1. The van der Waals surface area contributed by atoms with Crippen molar-refractivity contribution < 1.29 is 9.90 Å². The van der Waals surface area contributed by atoms with Crippen LogP contribution in [0.15, 0.2) is 0 Å². The molecule has 1 aliphatic rings. The summed E-state index contributed by atoms with van der Waals surface area (Å²) in [5.74, 6) is -0.196. The van der Waals surface area contributed by atoms with Gasteiger partial charge in [-0.3, -0.25) is 4.79 Å². The predicted octanol–water partition coefficient (Wildman–Crippen LogP) is 0.788. The molecule has 0 aliphatic carbocycles. The van der Waals surface area contributed by atoms with Crippen molar-refractivity contribution in [2.24, 2.45) is 0 Å². The van der Waals surface area contributed by atoms with Gasteiger partial charge >= 0.3 is 0 Å². The van der Waals surface area contributed by atoms with Gasteiger partial charge in [-0.1, -0.05) is 11.3 Å². The molecule has 1 aliphatic heterocycles. The molecule has 15 heavy (non-hydrogen) atoms. The number of halogens is 1. The van der Waals surface area contributed by atoms with Crippen molar-refractivity contribution in [2.45, 2.75) is 18.9 Å². The van der Waals surface area contributed by atoms with Gasteiger partial charge in [-0.05, 0) is 24.4 Å². The zero-order valence-corrected chi connectivity index (χ0v) is 9.46. The van der Waals surface area contributed by atoms with Gasteiger partial charge in [0.15, 0.2) is 0 Å². The van der Waals surface area contributed by atoms with Crippen molar-refractivity contribution in [1.82, 2.24) is 15.1 Å². The van der Waals surface area contributed by atoms with Crippen LogP contribution in [-0.4, -0.2) is 45.3 Å². The molecule has 82 valence electrons. The fourth-order valence-electron chi connectivity index (χ4n) is 1.57. The van der Waals surface area contributed by atoms with Gasteiger partial charge in [0.1, 0.15) is 0 Å². The van der Waals surface area contributed by atoms with Crippen molar-refractivity contribution in [2.75, 3.05) is 13.1 Å². The van der Waals surface area contributed by atoms with E-state index in [0.717, 1.165) is 24.2 Å². The minimum Gasteiger partial charge on any atom is -0.391 e. The van der Waals surface area contributed by atoms with Gasteiger partial charge < -0.3 is 10.0 Å². The zero-order chi connectivity index (χ0) is 10.8. The molecule has 1 N–H and O–H groups in total. The van der Waals surface area contributed by atoms with Gasteiger partial charge in [0.2, 0.25) is 9.47 Å². The molecule has 1 aromatic heterocycles. The van der Waals surface area contributed by atoms with E-state index >= 15 is 0 Å². The first kappa shape index (κ1) is 10.8. The van der Waals surface area contributed by atoms with Crippen LogP contribution in [0.2, 0.25) is 4.47 Å². The van der Waals surface area contributed by atoms with E-state index in [2.05, 4.69) is 10.2 Å². The van der Waals surface area contributed by atoms with E-state index in [0.29, 0.717) is 13.1 Å². The topological polar surface area (TPSA) is 66.3 Å². The number of aliphatic hydroxyl groups excluding tert-OH is 1. The molecule has 2 rings (SSSR count). The molecule has 1 saturated heterocycles. The lowest BCUT2D eigenvalue weighted by Crippen LogP contribution is -2.42. The minimum absolute atomic E-state index is 0.196. The van der Waals surface area contributed by atoms with E-state index in [-0.39, 0.29) is 15.4 Å². The van der Waals surface area contributed by atoms with Crippen LogP contribution in [0.5, 0.6) is 0 Å². The number of carbonyl (C=O) groups excluding carboxylic acids is 1. The normalized spacial score (nSPS) is 21.7. The van der Waals surface area contributed by atoms with Gasteiger partial charge in [-0.2, -0.15) is 0 Å². The average Bonchev–Trinajstić information content (AvgIpc) is 2.64. The molecule has 7 heteroatoms. The molecule has 0 spiro atoms. The minimum atomic E-state index is -0.425. The van der Waals surface area contributed by atoms with Gasteiger partial charge in [-0.25, -0.2) is 0 Å². The van der Waals surface area contributed by atoms with Crippen molar-refractivity contribution in [1.29, 1.82) is 0 Å². The molecule has 1 fully saturated rings. The zero-order valence-electron chi connectivity index (χ0n) is 7.89. The Morgan fingerprint density at radius 3 is 3.00 bits per heavy atom. The SMILES string of the molecule is O=C(c1nnc(Cl)s1)N1CCCC(O)C1. The van der Waals surface area contributed by atoms with Crippen molar-refractivity contribution in [3.8, 4) is 0 Å². The smallest absolute Gasteiger partial charge is 0.284 e. The van der Waals surface area contributed by atoms with E-state index in [1.54, 1.807) is 4.90 Å². The molecular formula is C8H10ClN3O2S. The predicted molar refractivity (Wildman–Crippen MR) is 56.1 cm³/mol. The van der Waals surface area contributed by atoms with Crippen LogP contribution in [0.3, 0.4) is 0 Å². The number of β-amino-alcohol motifs (C(OH)–C–C–N with tert-alkyl or cyclic N) is 1. The second-order valence-corrected chi connectivity index (χ2v) is 4.97. The summed E-state index contributed by atoms with van der Waals surface area (Å²) in [6.07, 6.45) is 1.14. The number of hydrogen-bond donors (Lipinski definition) is 1. The Balaban J connectivity index is 2.07. The van der Waals surface area contributed by atoms with Crippen LogP contribution in [0.4, 0.5) is 0 Å². The Morgan fingerprint density at radius 2 is 2.40 bits per heavy atom. The summed E-state index contributed by atoms with van der Waals surface area (Å²) in [4.78, 5) is 13.4. The summed E-state index contributed by atoms with van der Waals surface area (Å²) in [5, 5.41) is 17.0. The van der Waals surface area contributed by atoms with Crippen molar-refractivity contribution >= 4 is 28.8 Å². The number of carbonyl (C=O) groups is 1. The summed E-state index contributed by atoms with van der Waals surface area (Å²) < 4.78 is 0.260. The number of nitrogens with zero attached hydrogens (tertiary/aromatic N) is 3. The first-order valence-electron chi connectivity index (χ1n) is 4.63. The molecule has 1 atom stereocenters. The van der Waals surface area contributed by atoms with E-state index in [1.807, 2.05) is 0 Å². The lowest BCUT2D eigenvalue weighted by Gasteiger charge is -2.29. The van der Waals surface area contributed by atoms with Gasteiger partial charge in [0.25, 0.3) is 5.91 Å². The summed E-state index contributed by atoms with van der Waals surface area (Å²) >= 11 is 6.66. The third kappa shape index (κ3) is 2.45. The Labute approximate surface area is 95.7 Å². The van der Waals surface area contributed by atoms with E-state index in [9.17, 15) is 9.90 Å². The quantitative estimate of drug-likeness (QED) is 0.797. The first-order chi connectivity index (χ1) is 7.16. The highest BCUT2D eigenvalue weighted by Gasteiger charge is 2.25. The monoisotopic (exact) mass is 247 g/mol. The number of hydrogen-bond acceptors (Lipinski definition) is 5. The van der Waals surface area contributed by atoms with Crippen LogP contribution in [0, 0.1) is 0 Å².